The van der Waals surface area contributed by atoms with E-state index in [9.17, 15) is 0 Å². The third-order valence-electron chi connectivity index (χ3n) is 1.59. The Morgan fingerprint density at radius 3 is 2.64 bits per heavy atom. The van der Waals surface area contributed by atoms with E-state index in [0.29, 0.717) is 0 Å². The molecule has 0 aliphatic heterocycles. The Hall–Kier alpha value is -0.763. The fourth-order valence-electron chi connectivity index (χ4n) is 1.19. The summed E-state index contributed by atoms with van der Waals surface area (Å²) < 4.78 is 0. The molecule has 60 valence electrons. The first-order chi connectivity index (χ1) is 5.18. The second-order valence-corrected chi connectivity index (χ2v) is 6.54. The minimum atomic E-state index is -0.473. The fourth-order valence-corrected chi connectivity index (χ4v) is 2.39. The van der Waals surface area contributed by atoms with E-state index in [1.54, 1.807) is 0 Å². The number of benzene rings is 1. The molecule has 0 saturated carbocycles. The smallest absolute Gasteiger partial charge is 0.0352 e. The van der Waals surface area contributed by atoms with Crippen molar-refractivity contribution < 1.29 is 0 Å². The largest absolute Gasteiger partial charge is 0.399 e. The van der Waals surface area contributed by atoms with Gasteiger partial charge in [-0.15, -0.1) is 0 Å². The molecule has 0 saturated heterocycles. The van der Waals surface area contributed by atoms with Crippen LogP contribution in [0.5, 0.6) is 0 Å². The Bertz CT molecular complexity index is 233. The second kappa shape index (κ2) is 3.58. The van der Waals surface area contributed by atoms with Gasteiger partial charge in [-0.3, -0.25) is 0 Å². The Morgan fingerprint density at radius 1 is 1.36 bits per heavy atom. The first-order valence-electron chi connectivity index (χ1n) is 4.03. The van der Waals surface area contributed by atoms with Crippen LogP contribution in [-0.2, 0) is 6.04 Å². The van der Waals surface area contributed by atoms with Crippen LogP contribution < -0.4 is 5.73 Å². The van der Waals surface area contributed by atoms with Crippen molar-refractivity contribution in [2.45, 2.75) is 19.1 Å². The zero-order valence-corrected chi connectivity index (χ0v) is 8.33. The topological polar surface area (TPSA) is 26.0 Å². The molecule has 0 atom stereocenters. The second-order valence-electron chi connectivity index (χ2n) is 3.34. The predicted molar refractivity (Wildman–Crippen MR) is 53.4 cm³/mol. The van der Waals surface area contributed by atoms with Crippen LogP contribution in [0.25, 0.3) is 0 Å². The molecule has 0 aromatic heterocycles. The molecule has 0 aliphatic carbocycles. The molecule has 0 heterocycles. The van der Waals surface area contributed by atoms with Gasteiger partial charge in [0, 0.05) is 14.5 Å². The summed E-state index contributed by atoms with van der Waals surface area (Å²) in [4.78, 5) is 0. The molecule has 0 aliphatic rings. The SMILES string of the molecule is C[SiH](C)Cc1cccc(N)c1. The summed E-state index contributed by atoms with van der Waals surface area (Å²) >= 11 is 0. The lowest BCUT2D eigenvalue weighted by atomic mass is 10.2. The van der Waals surface area contributed by atoms with E-state index in [0.717, 1.165) is 5.69 Å². The molecule has 1 nitrogen and oxygen atoms in total. The Labute approximate surface area is 69.8 Å². The molecule has 2 N–H and O–H groups in total. The number of nitrogens with two attached hydrogens (primary N) is 1. The summed E-state index contributed by atoms with van der Waals surface area (Å²) in [7, 11) is -0.473. The summed E-state index contributed by atoms with van der Waals surface area (Å²) in [5, 5.41) is 0. The third-order valence-corrected chi connectivity index (χ3v) is 2.88. The van der Waals surface area contributed by atoms with Gasteiger partial charge in [0.1, 0.15) is 0 Å². The van der Waals surface area contributed by atoms with Crippen molar-refractivity contribution in [2.75, 3.05) is 5.73 Å². The van der Waals surface area contributed by atoms with Gasteiger partial charge in [0.05, 0.1) is 0 Å². The molecule has 0 fully saturated rings. The van der Waals surface area contributed by atoms with Crippen LogP contribution in [-0.4, -0.2) is 8.80 Å². The summed E-state index contributed by atoms with van der Waals surface area (Å²) in [5.74, 6) is 0. The van der Waals surface area contributed by atoms with Gasteiger partial charge in [-0.25, -0.2) is 0 Å². The molecule has 1 aromatic carbocycles. The average Bonchev–Trinajstić information content (AvgIpc) is 1.85. The minimum Gasteiger partial charge on any atom is -0.399 e. The molecule has 1 aromatic rings. The lowest BCUT2D eigenvalue weighted by Crippen LogP contribution is -2.05. The lowest BCUT2D eigenvalue weighted by Gasteiger charge is -2.03. The van der Waals surface area contributed by atoms with Gasteiger partial charge < -0.3 is 5.73 Å². The van der Waals surface area contributed by atoms with Crippen LogP contribution in [0.4, 0.5) is 5.69 Å². The number of nitrogen functional groups attached to an aromatic ring is 1. The number of hydrogen-bond donors (Lipinski definition) is 1. The van der Waals surface area contributed by atoms with Crippen molar-refractivity contribution in [1.29, 1.82) is 0 Å². The number of hydrogen-bond acceptors (Lipinski definition) is 1. The van der Waals surface area contributed by atoms with E-state index in [4.69, 9.17) is 5.73 Å². The van der Waals surface area contributed by atoms with E-state index in [-0.39, 0.29) is 0 Å². The molecule has 0 unspecified atom stereocenters. The van der Waals surface area contributed by atoms with Gasteiger partial charge in [-0.05, 0) is 23.7 Å². The maximum absolute atomic E-state index is 5.65. The van der Waals surface area contributed by atoms with Crippen LogP contribution >= 0.6 is 0 Å². The first-order valence-corrected chi connectivity index (χ1v) is 7.15. The molecule has 0 amide bonds. The van der Waals surface area contributed by atoms with Crippen LogP contribution in [0.3, 0.4) is 0 Å². The highest BCUT2D eigenvalue weighted by Crippen LogP contribution is 2.08. The van der Waals surface area contributed by atoms with E-state index in [1.807, 2.05) is 12.1 Å². The molecule has 0 spiro atoms. The van der Waals surface area contributed by atoms with Crippen molar-refractivity contribution >= 4 is 14.5 Å². The Balaban J connectivity index is 2.71. The quantitative estimate of drug-likeness (QED) is 0.525. The molecule has 11 heavy (non-hydrogen) atoms. The zero-order valence-electron chi connectivity index (χ0n) is 7.17. The van der Waals surface area contributed by atoms with Gasteiger partial charge in [0.15, 0.2) is 0 Å². The fraction of sp³-hybridized carbons (Fsp3) is 0.333. The zero-order chi connectivity index (χ0) is 8.27. The first kappa shape index (κ1) is 8.33. The van der Waals surface area contributed by atoms with E-state index < -0.39 is 8.80 Å². The molecular formula is C9H15NSi. The third kappa shape index (κ3) is 2.76. The van der Waals surface area contributed by atoms with Crippen molar-refractivity contribution in [3.05, 3.63) is 29.8 Å². The number of anilines is 1. The maximum Gasteiger partial charge on any atom is 0.0352 e. The molecular weight excluding hydrogens is 150 g/mol. The average molecular weight is 165 g/mol. The highest BCUT2D eigenvalue weighted by molar-refractivity contribution is 6.55. The standard InChI is InChI=1S/C9H15NSi/c1-11(2)7-8-4-3-5-9(10)6-8/h3-6,11H,7,10H2,1-2H3. The molecule has 0 radical (unpaired) electrons. The molecule has 2 heteroatoms. The summed E-state index contributed by atoms with van der Waals surface area (Å²) in [6, 6.07) is 9.45. The van der Waals surface area contributed by atoms with Gasteiger partial charge in [0.2, 0.25) is 0 Å². The highest BCUT2D eigenvalue weighted by atomic mass is 28.3. The maximum atomic E-state index is 5.65. The van der Waals surface area contributed by atoms with Crippen LogP contribution in [0.2, 0.25) is 13.1 Å². The van der Waals surface area contributed by atoms with Crippen molar-refractivity contribution in [3.8, 4) is 0 Å². The molecule has 1 rings (SSSR count). The van der Waals surface area contributed by atoms with Crippen molar-refractivity contribution in [3.63, 3.8) is 0 Å². The summed E-state index contributed by atoms with van der Waals surface area (Å²) in [6.07, 6.45) is 0. The van der Waals surface area contributed by atoms with Crippen molar-refractivity contribution in [2.24, 2.45) is 0 Å². The monoisotopic (exact) mass is 165 g/mol. The lowest BCUT2D eigenvalue weighted by molar-refractivity contribution is 1.36. The van der Waals surface area contributed by atoms with E-state index in [1.165, 1.54) is 11.6 Å². The predicted octanol–water partition coefficient (Wildman–Crippen LogP) is 1.84. The van der Waals surface area contributed by atoms with E-state index in [2.05, 4.69) is 25.2 Å². The Kier molecular flexibility index (Phi) is 2.71. The summed E-state index contributed by atoms with van der Waals surface area (Å²) in [5.41, 5.74) is 7.93. The van der Waals surface area contributed by atoms with Gasteiger partial charge in [-0.2, -0.15) is 0 Å². The number of rotatable bonds is 2. The van der Waals surface area contributed by atoms with Crippen LogP contribution in [0.15, 0.2) is 24.3 Å². The van der Waals surface area contributed by atoms with Crippen LogP contribution in [0.1, 0.15) is 5.56 Å². The van der Waals surface area contributed by atoms with Crippen molar-refractivity contribution in [1.82, 2.24) is 0 Å². The van der Waals surface area contributed by atoms with Crippen LogP contribution in [0, 0.1) is 0 Å². The summed E-state index contributed by atoms with van der Waals surface area (Å²) in [6.45, 7) is 4.70. The normalized spacial score (nSPS) is 10.5. The highest BCUT2D eigenvalue weighted by Gasteiger charge is 1.97. The Morgan fingerprint density at radius 2 is 2.09 bits per heavy atom. The van der Waals surface area contributed by atoms with E-state index >= 15 is 0 Å². The van der Waals surface area contributed by atoms with Gasteiger partial charge in [-0.1, -0.05) is 25.2 Å². The molecule has 0 bridgehead atoms. The van der Waals surface area contributed by atoms with Gasteiger partial charge in [0.25, 0.3) is 0 Å². The minimum absolute atomic E-state index is 0.473. The van der Waals surface area contributed by atoms with Gasteiger partial charge >= 0.3 is 0 Å².